The summed E-state index contributed by atoms with van der Waals surface area (Å²) in [5.74, 6) is -0.840. The van der Waals surface area contributed by atoms with Gasteiger partial charge in [0.15, 0.2) is 0 Å². The van der Waals surface area contributed by atoms with Gasteiger partial charge in [0.25, 0.3) is 5.69 Å². The van der Waals surface area contributed by atoms with Crippen LogP contribution in [0.3, 0.4) is 0 Å². The Morgan fingerprint density at radius 2 is 2.04 bits per heavy atom. The second-order valence-electron chi connectivity index (χ2n) is 6.65. The number of esters is 1. The summed E-state index contributed by atoms with van der Waals surface area (Å²) in [6, 6.07) is 13.5. The van der Waals surface area contributed by atoms with Crippen LogP contribution < -0.4 is 5.32 Å². The van der Waals surface area contributed by atoms with Gasteiger partial charge in [-0.3, -0.25) is 24.6 Å². The van der Waals surface area contributed by atoms with Crippen LogP contribution >= 0.6 is 0 Å². The minimum absolute atomic E-state index is 0.0689. The third-order valence-electron chi connectivity index (χ3n) is 4.63. The van der Waals surface area contributed by atoms with Gasteiger partial charge in [0, 0.05) is 30.4 Å². The zero-order valence-corrected chi connectivity index (χ0v) is 15.5. The summed E-state index contributed by atoms with van der Waals surface area (Å²) in [4.78, 5) is 37.2. The number of ether oxygens (including phenoxy) is 1. The number of cyclic esters (lactones) is 1. The Balaban J connectivity index is 1.69. The van der Waals surface area contributed by atoms with Crippen LogP contribution in [0.25, 0.3) is 0 Å². The summed E-state index contributed by atoms with van der Waals surface area (Å²) in [5, 5.41) is 13.7. The van der Waals surface area contributed by atoms with Crippen LogP contribution in [-0.2, 0) is 20.9 Å². The summed E-state index contributed by atoms with van der Waals surface area (Å²) in [7, 11) is 0. The molecule has 0 radical (unpaired) electrons. The number of hydrogen-bond donors (Lipinski definition) is 1. The molecule has 1 heterocycles. The number of rotatable bonds is 6. The molecule has 2 aromatic rings. The number of carbonyl (C=O) groups excluding carboxylic acids is 2. The zero-order chi connectivity index (χ0) is 20.1. The minimum Gasteiger partial charge on any atom is -0.463 e. The third-order valence-corrected chi connectivity index (χ3v) is 4.63. The van der Waals surface area contributed by atoms with Gasteiger partial charge < -0.3 is 10.1 Å². The first-order valence-electron chi connectivity index (χ1n) is 8.93. The highest BCUT2D eigenvalue weighted by Crippen LogP contribution is 2.23. The molecule has 1 aliphatic heterocycles. The Hall–Kier alpha value is -3.26. The van der Waals surface area contributed by atoms with Gasteiger partial charge in [0.2, 0.25) is 5.91 Å². The van der Waals surface area contributed by atoms with Crippen molar-refractivity contribution >= 4 is 23.3 Å². The van der Waals surface area contributed by atoms with E-state index in [0.717, 1.165) is 5.56 Å². The van der Waals surface area contributed by atoms with E-state index in [2.05, 4.69) is 5.32 Å². The summed E-state index contributed by atoms with van der Waals surface area (Å²) in [5.41, 5.74) is 1.80. The molecule has 1 amide bonds. The van der Waals surface area contributed by atoms with Crippen LogP contribution in [-0.4, -0.2) is 40.9 Å². The van der Waals surface area contributed by atoms with Crippen molar-refractivity contribution in [2.75, 3.05) is 18.5 Å². The smallest absolute Gasteiger partial charge is 0.323 e. The Morgan fingerprint density at radius 1 is 1.29 bits per heavy atom. The lowest BCUT2D eigenvalue weighted by atomic mass is 10.1. The molecule has 28 heavy (non-hydrogen) atoms. The number of nitrogens with one attached hydrogen (secondary N) is 1. The van der Waals surface area contributed by atoms with E-state index in [-0.39, 0.29) is 18.7 Å². The van der Waals surface area contributed by atoms with Crippen molar-refractivity contribution in [3.05, 3.63) is 69.8 Å². The van der Waals surface area contributed by atoms with Crippen LogP contribution in [0.5, 0.6) is 0 Å². The van der Waals surface area contributed by atoms with Crippen molar-refractivity contribution in [2.24, 2.45) is 0 Å². The van der Waals surface area contributed by atoms with E-state index in [1.165, 1.54) is 6.07 Å². The first kappa shape index (κ1) is 19.5. The number of aryl methyl sites for hydroxylation is 1. The van der Waals surface area contributed by atoms with Gasteiger partial charge in [-0.25, -0.2) is 0 Å². The predicted molar refractivity (Wildman–Crippen MR) is 103 cm³/mol. The summed E-state index contributed by atoms with van der Waals surface area (Å²) < 4.78 is 5.13. The maximum atomic E-state index is 12.5. The zero-order valence-electron chi connectivity index (χ0n) is 15.5. The van der Waals surface area contributed by atoms with E-state index < -0.39 is 22.8 Å². The number of hydrogen-bond acceptors (Lipinski definition) is 6. The van der Waals surface area contributed by atoms with Crippen molar-refractivity contribution in [2.45, 2.75) is 25.9 Å². The van der Waals surface area contributed by atoms with Crippen molar-refractivity contribution in [1.82, 2.24) is 4.90 Å². The SMILES string of the molecule is Cc1ccc(NC(=O)CC2C(=O)OCCN2Cc2ccccc2)cc1[N+](=O)[O-]. The molecule has 0 saturated carbocycles. The van der Waals surface area contributed by atoms with Gasteiger partial charge in [-0.05, 0) is 18.6 Å². The molecule has 8 nitrogen and oxygen atoms in total. The average molecular weight is 383 g/mol. The fraction of sp³-hybridized carbons (Fsp3) is 0.300. The monoisotopic (exact) mass is 383 g/mol. The topological polar surface area (TPSA) is 102 Å². The van der Waals surface area contributed by atoms with E-state index in [9.17, 15) is 19.7 Å². The van der Waals surface area contributed by atoms with E-state index in [0.29, 0.717) is 24.3 Å². The van der Waals surface area contributed by atoms with Gasteiger partial charge in [0.05, 0.1) is 11.3 Å². The van der Waals surface area contributed by atoms with Crippen LogP contribution in [0.2, 0.25) is 0 Å². The van der Waals surface area contributed by atoms with Gasteiger partial charge in [-0.15, -0.1) is 0 Å². The number of carbonyl (C=O) groups is 2. The van der Waals surface area contributed by atoms with Gasteiger partial charge >= 0.3 is 5.97 Å². The number of amides is 1. The fourth-order valence-electron chi connectivity index (χ4n) is 3.16. The number of nitro groups is 1. The Morgan fingerprint density at radius 3 is 2.75 bits per heavy atom. The first-order chi connectivity index (χ1) is 13.4. The van der Waals surface area contributed by atoms with Crippen LogP contribution in [0.15, 0.2) is 48.5 Å². The molecule has 1 unspecified atom stereocenters. The molecule has 1 fully saturated rings. The van der Waals surface area contributed by atoms with Crippen molar-refractivity contribution in [1.29, 1.82) is 0 Å². The largest absolute Gasteiger partial charge is 0.463 e. The van der Waals surface area contributed by atoms with Crippen molar-refractivity contribution in [3.8, 4) is 0 Å². The number of nitro benzene ring substituents is 1. The number of nitrogens with zero attached hydrogens (tertiary/aromatic N) is 2. The molecule has 0 bridgehead atoms. The lowest BCUT2D eigenvalue weighted by Crippen LogP contribution is -2.49. The van der Waals surface area contributed by atoms with E-state index in [1.54, 1.807) is 19.1 Å². The molecule has 1 N–H and O–H groups in total. The van der Waals surface area contributed by atoms with Gasteiger partial charge in [-0.2, -0.15) is 0 Å². The number of benzene rings is 2. The first-order valence-corrected chi connectivity index (χ1v) is 8.93. The van der Waals surface area contributed by atoms with Crippen molar-refractivity contribution < 1.29 is 19.2 Å². The Bertz CT molecular complexity index is 885. The molecule has 0 aromatic heterocycles. The van der Waals surface area contributed by atoms with E-state index in [1.807, 2.05) is 35.2 Å². The second-order valence-corrected chi connectivity index (χ2v) is 6.65. The summed E-state index contributed by atoms with van der Waals surface area (Å²) >= 11 is 0. The van der Waals surface area contributed by atoms with E-state index in [4.69, 9.17) is 4.74 Å². The maximum Gasteiger partial charge on any atom is 0.323 e. The van der Waals surface area contributed by atoms with E-state index >= 15 is 0 Å². The molecule has 8 heteroatoms. The predicted octanol–water partition coefficient (Wildman–Crippen LogP) is 2.66. The molecule has 146 valence electrons. The van der Waals surface area contributed by atoms with Gasteiger partial charge in [-0.1, -0.05) is 36.4 Å². The van der Waals surface area contributed by atoms with Crippen molar-refractivity contribution in [3.63, 3.8) is 0 Å². The normalized spacial score (nSPS) is 17.0. The van der Waals surface area contributed by atoms with Crippen LogP contribution in [0.4, 0.5) is 11.4 Å². The lowest BCUT2D eigenvalue weighted by molar-refractivity contribution is -0.385. The van der Waals surface area contributed by atoms with Crippen LogP contribution in [0, 0.1) is 17.0 Å². The summed E-state index contributed by atoms with van der Waals surface area (Å²) in [6.07, 6.45) is -0.0899. The average Bonchev–Trinajstić information content (AvgIpc) is 2.67. The Kier molecular flexibility index (Phi) is 6.00. The third kappa shape index (κ3) is 4.72. The molecule has 3 rings (SSSR count). The molecule has 2 aromatic carbocycles. The Labute approximate surface area is 162 Å². The standard InChI is InChI=1S/C20H21N3O5/c1-14-7-8-16(11-17(14)23(26)27)21-19(24)12-18-20(25)28-10-9-22(18)13-15-5-3-2-4-6-15/h2-8,11,18H,9-10,12-13H2,1H3,(H,21,24). The molecule has 1 atom stereocenters. The highest BCUT2D eigenvalue weighted by molar-refractivity contribution is 5.94. The molecule has 1 saturated heterocycles. The minimum atomic E-state index is -0.700. The highest BCUT2D eigenvalue weighted by atomic mass is 16.6. The fourth-order valence-corrected chi connectivity index (χ4v) is 3.16. The molecule has 0 aliphatic carbocycles. The molecular weight excluding hydrogens is 362 g/mol. The van der Waals surface area contributed by atoms with Crippen LogP contribution in [0.1, 0.15) is 17.5 Å². The summed E-state index contributed by atoms with van der Waals surface area (Å²) in [6.45, 7) is 2.98. The number of anilines is 1. The van der Waals surface area contributed by atoms with Gasteiger partial charge in [0.1, 0.15) is 12.6 Å². The molecule has 1 aliphatic rings. The lowest BCUT2D eigenvalue weighted by Gasteiger charge is -2.33. The molecular formula is C20H21N3O5. The second kappa shape index (κ2) is 8.62. The molecule has 0 spiro atoms. The quantitative estimate of drug-likeness (QED) is 0.467. The highest BCUT2D eigenvalue weighted by Gasteiger charge is 2.33. The number of morpholine rings is 1. The maximum absolute atomic E-state index is 12.5.